The third kappa shape index (κ3) is 7.59. The van der Waals surface area contributed by atoms with Crippen molar-refractivity contribution in [2.45, 2.75) is 49.7 Å². The van der Waals surface area contributed by atoms with Gasteiger partial charge in [0.1, 0.15) is 15.5 Å². The normalized spacial score (nSPS) is 22.4. The Morgan fingerprint density at radius 2 is 1.91 bits per heavy atom. The number of aliphatic hydroxyl groups is 1. The van der Waals surface area contributed by atoms with Gasteiger partial charge >= 0.3 is 59.1 Å². The summed E-state index contributed by atoms with van der Waals surface area (Å²) in [5.74, 6) is -3.79. The van der Waals surface area contributed by atoms with Crippen LogP contribution in [0, 0.1) is 11.7 Å². The van der Waals surface area contributed by atoms with Crippen molar-refractivity contribution < 1.29 is 93.2 Å². The van der Waals surface area contributed by atoms with E-state index in [0.29, 0.717) is 45.1 Å². The topological polar surface area (TPSA) is 158 Å². The number of hydrogen-bond donors (Lipinski definition) is 2. The van der Waals surface area contributed by atoms with E-state index < -0.39 is 52.1 Å². The third-order valence-electron chi connectivity index (χ3n) is 8.18. The Kier molecular flexibility index (Phi) is 13.2. The molecule has 47 heavy (non-hydrogen) atoms. The molecule has 2 N–H and O–H groups in total. The number of anilines is 1. The van der Waals surface area contributed by atoms with E-state index in [-0.39, 0.29) is 93.0 Å². The van der Waals surface area contributed by atoms with Crippen molar-refractivity contribution in [1.29, 1.82) is 0 Å². The minimum absolute atomic E-state index is 0. The maximum atomic E-state index is 15.5. The van der Waals surface area contributed by atoms with Crippen LogP contribution in [0.25, 0.3) is 10.9 Å². The van der Waals surface area contributed by atoms with E-state index in [2.05, 4.69) is 5.32 Å². The first kappa shape index (κ1) is 39.3. The molecule has 1 aliphatic carbocycles. The van der Waals surface area contributed by atoms with Crippen molar-refractivity contribution in [3.05, 3.63) is 48.8 Å². The molecule has 4 atom stereocenters. The molecule has 1 saturated carbocycles. The number of thioether (sulfide) groups is 3. The number of nitrogens with zero attached hydrogens (tertiary/aromatic N) is 3. The van der Waals surface area contributed by atoms with E-state index in [9.17, 15) is 34.5 Å². The molecule has 0 spiro atoms. The zero-order chi connectivity index (χ0) is 32.3. The fourth-order valence-corrected chi connectivity index (χ4v) is 10.5. The molecule has 1 aromatic carbocycles. The zero-order valence-corrected chi connectivity index (χ0v) is 33.6. The average molecular weight is 759 g/mol. The number of amides is 1. The molecule has 2 aromatic rings. The number of aliphatic carboxylic acids is 1. The van der Waals surface area contributed by atoms with Gasteiger partial charge in [-0.25, -0.2) is 4.39 Å². The Labute approximate surface area is 336 Å². The molecular formula is C28H26ClFN4Na2O7S4. The number of halogens is 2. The number of nitrogens with one attached hydrogen (secondary N) is 1. The van der Waals surface area contributed by atoms with E-state index >= 15 is 4.39 Å². The Morgan fingerprint density at radius 1 is 1.21 bits per heavy atom. The van der Waals surface area contributed by atoms with Gasteiger partial charge in [-0.15, -0.1) is 11.8 Å². The van der Waals surface area contributed by atoms with E-state index in [1.807, 2.05) is 0 Å². The number of β-lactam (4-membered cyclic amide) rings is 1. The maximum absolute atomic E-state index is 15.5. The zero-order valence-electron chi connectivity index (χ0n) is 25.6. The van der Waals surface area contributed by atoms with E-state index in [1.54, 1.807) is 9.47 Å². The van der Waals surface area contributed by atoms with Gasteiger partial charge in [-0.05, 0) is 32.3 Å². The number of pyridine rings is 1. The van der Waals surface area contributed by atoms with E-state index in [0.717, 1.165) is 18.9 Å². The number of fused-ring (bicyclic) bond motifs is 2. The van der Waals surface area contributed by atoms with Crippen molar-refractivity contribution in [2.75, 3.05) is 29.5 Å². The number of carbonyl (C=O) groups excluding carboxylic acids is 3. The summed E-state index contributed by atoms with van der Waals surface area (Å²) in [7, 11) is 0. The van der Waals surface area contributed by atoms with Crippen LogP contribution >= 0.6 is 59.1 Å². The summed E-state index contributed by atoms with van der Waals surface area (Å²) in [5, 5.41) is 35.9. The van der Waals surface area contributed by atoms with Crippen LogP contribution in [0.5, 0.6) is 0 Å². The quantitative estimate of drug-likeness (QED) is 0.103. The summed E-state index contributed by atoms with van der Waals surface area (Å²) in [5.41, 5.74) is -1.07. The molecule has 1 amide bonds. The van der Waals surface area contributed by atoms with Gasteiger partial charge < -0.3 is 39.7 Å². The van der Waals surface area contributed by atoms with Crippen LogP contribution in [0.1, 0.15) is 42.6 Å². The largest absolute Gasteiger partial charge is 1.00 e. The van der Waals surface area contributed by atoms with E-state index in [1.165, 1.54) is 53.3 Å². The van der Waals surface area contributed by atoms with Crippen molar-refractivity contribution in [1.82, 2.24) is 14.8 Å². The van der Waals surface area contributed by atoms with E-state index in [4.69, 9.17) is 23.8 Å². The molecule has 3 aliphatic heterocycles. The van der Waals surface area contributed by atoms with Crippen LogP contribution in [0.3, 0.4) is 0 Å². The summed E-state index contributed by atoms with van der Waals surface area (Å²) in [6.45, 7) is 2.36. The number of hydrogen-bond acceptors (Lipinski definition) is 12. The first-order valence-corrected chi connectivity index (χ1v) is 17.7. The fraction of sp³-hybridized carbons (Fsp3) is 0.464. The molecule has 19 heteroatoms. The summed E-state index contributed by atoms with van der Waals surface area (Å²) in [6.07, 6.45) is 2.56. The number of aliphatic hydroxyl groups excluding tert-OH is 1. The first-order valence-electron chi connectivity index (χ1n) is 14.1. The molecule has 6 rings (SSSR count). The van der Waals surface area contributed by atoms with Crippen molar-refractivity contribution in [3.8, 4) is 0 Å². The Hall–Kier alpha value is -0.500. The molecule has 1 unspecified atom stereocenters. The van der Waals surface area contributed by atoms with Gasteiger partial charge in [-0.2, -0.15) is 0 Å². The van der Waals surface area contributed by atoms with Gasteiger partial charge in [0.25, 0.3) is 0 Å². The smallest absolute Gasteiger partial charge is 0.545 e. The number of aromatic carboxylic acids is 1. The minimum atomic E-state index is -1.62. The van der Waals surface area contributed by atoms with Gasteiger partial charge in [-0.3, -0.25) is 14.5 Å². The predicted molar refractivity (Wildman–Crippen MR) is 172 cm³/mol. The molecule has 1 aromatic heterocycles. The SMILES string of the molecule is C[C@@H](O)[C@@H]1C(=O)N2C(C(=O)[O-])=C(SCCSC(=S)NC3CCN(c4c(F)cc5c(=O)c(C(=O)[O-])cn(C6CC6)c5c4Cl)C3)S[C@H]12.[Na+].[Na+]. The molecule has 4 aliphatic rings. The molecule has 240 valence electrons. The number of benzene rings is 1. The van der Waals surface area contributed by atoms with Crippen LogP contribution in [0.15, 0.2) is 27.0 Å². The van der Waals surface area contributed by atoms with Crippen LogP contribution in [-0.4, -0.2) is 78.9 Å². The summed E-state index contributed by atoms with van der Waals surface area (Å²) in [4.78, 5) is 51.4. The van der Waals surface area contributed by atoms with Gasteiger partial charge in [0.2, 0.25) is 5.91 Å². The van der Waals surface area contributed by atoms with Gasteiger partial charge in [0, 0.05) is 42.9 Å². The summed E-state index contributed by atoms with van der Waals surface area (Å²) in [6, 6.07) is 0.907. The van der Waals surface area contributed by atoms with Crippen molar-refractivity contribution in [2.24, 2.45) is 5.92 Å². The number of rotatable bonds is 10. The second-order valence-electron chi connectivity index (χ2n) is 11.2. The number of carboxylic acid groups (broad SMARTS) is 2. The second-order valence-corrected chi connectivity index (χ2v) is 15.8. The molecular weight excluding hydrogens is 733 g/mol. The average Bonchev–Trinajstić information content (AvgIpc) is 3.62. The first-order chi connectivity index (χ1) is 21.4. The number of carbonyl (C=O) groups is 3. The van der Waals surface area contributed by atoms with Crippen molar-refractivity contribution >= 4 is 97.9 Å². The monoisotopic (exact) mass is 758 g/mol. The summed E-state index contributed by atoms with van der Waals surface area (Å²) < 4.78 is 18.1. The Balaban J connectivity index is 0.00000250. The van der Waals surface area contributed by atoms with Crippen LogP contribution < -0.4 is 85.0 Å². The molecule has 4 heterocycles. The minimum Gasteiger partial charge on any atom is -0.545 e. The Morgan fingerprint density at radius 3 is 2.53 bits per heavy atom. The number of aromatic nitrogens is 1. The van der Waals surface area contributed by atoms with Gasteiger partial charge in [0.05, 0.1) is 61.1 Å². The van der Waals surface area contributed by atoms with Crippen LogP contribution in [0.4, 0.5) is 10.1 Å². The molecule has 3 fully saturated rings. The predicted octanol–water partition coefficient (Wildman–Crippen LogP) is -4.75. The van der Waals surface area contributed by atoms with Crippen molar-refractivity contribution in [3.63, 3.8) is 0 Å². The summed E-state index contributed by atoms with van der Waals surface area (Å²) >= 11 is 16.2. The molecule has 0 radical (unpaired) electrons. The standard InChI is InChI=1S/C28H28ClFN4O7S4.2Na/c1-11(35)17-23(37)34-21(26(40)41)27(45-24(17)34)43-6-7-44-28(42)31-12-4-5-32(9-12)20-16(30)8-14-19(18(20)29)33(13-2-3-13)10-15(22(14)36)25(38)39;;/h8,10-13,17,24,35H,2-7,9H2,1H3,(H,31,42)(H,38,39)(H,40,41);;/q;2*+1/p-2/t11-,12?,17-,24-;;/m1../s1. The van der Waals surface area contributed by atoms with Gasteiger partial charge in [-0.1, -0.05) is 47.3 Å². The number of carboxylic acids is 2. The molecule has 11 nitrogen and oxygen atoms in total. The third-order valence-corrected chi connectivity index (χ3v) is 12.7. The van der Waals surface area contributed by atoms with Crippen LogP contribution in [-0.2, 0) is 9.59 Å². The second kappa shape index (κ2) is 15.8. The molecule has 2 saturated heterocycles. The maximum Gasteiger partial charge on any atom is 1.00 e. The van der Waals surface area contributed by atoms with Gasteiger partial charge in [0.15, 0.2) is 5.43 Å². The number of thiocarbonyl (C=S) groups is 1. The van der Waals surface area contributed by atoms with Crippen LogP contribution in [0.2, 0.25) is 5.02 Å². The Bertz CT molecular complexity index is 1740. The fourth-order valence-electron chi connectivity index (χ4n) is 5.91. The molecule has 0 bridgehead atoms.